The number of carbonyl (C=O) groups excluding carboxylic acids is 1. The van der Waals surface area contributed by atoms with Crippen molar-refractivity contribution in [2.24, 2.45) is 0 Å². The lowest BCUT2D eigenvalue weighted by Gasteiger charge is -2.22. The predicted octanol–water partition coefficient (Wildman–Crippen LogP) is 4.50. The topological polar surface area (TPSA) is 79.0 Å². The summed E-state index contributed by atoms with van der Waals surface area (Å²) >= 11 is 1.21. The molecule has 1 aliphatic rings. The van der Waals surface area contributed by atoms with Crippen LogP contribution in [0.4, 0.5) is 13.9 Å². The number of anilines is 1. The minimum absolute atomic E-state index is 0.0676. The third-order valence-electron chi connectivity index (χ3n) is 5.77. The summed E-state index contributed by atoms with van der Waals surface area (Å²) in [7, 11) is 0. The number of aromatic amines is 1. The predicted molar refractivity (Wildman–Crippen MR) is 124 cm³/mol. The van der Waals surface area contributed by atoms with E-state index in [9.17, 15) is 18.4 Å². The number of hydrogen-bond acceptors (Lipinski definition) is 6. The van der Waals surface area contributed by atoms with Crippen LogP contribution in [0.1, 0.15) is 24.8 Å². The molecule has 6 nitrogen and oxygen atoms in total. The molecule has 168 valence electrons. The Labute approximate surface area is 191 Å². The first kappa shape index (κ1) is 21.4. The SMILES string of the molecule is O=C(CCc1ccccc1)[C@H]1CCCN1c1nc2c(=O)[nH]c(-c3cc(F)cc(F)c3)nc2s1. The quantitative estimate of drug-likeness (QED) is 0.453. The third-order valence-corrected chi connectivity index (χ3v) is 6.75. The lowest BCUT2D eigenvalue weighted by atomic mass is 10.0. The molecule has 0 saturated carbocycles. The number of thiazole rings is 1. The second-order valence-electron chi connectivity index (χ2n) is 8.03. The fourth-order valence-electron chi connectivity index (χ4n) is 4.18. The van der Waals surface area contributed by atoms with E-state index in [1.54, 1.807) is 0 Å². The van der Waals surface area contributed by atoms with Crippen LogP contribution in [0.2, 0.25) is 0 Å². The Kier molecular flexibility index (Phi) is 5.72. The van der Waals surface area contributed by atoms with Gasteiger partial charge in [0.1, 0.15) is 17.5 Å². The van der Waals surface area contributed by atoms with Gasteiger partial charge in [-0.15, -0.1) is 0 Å². The van der Waals surface area contributed by atoms with Gasteiger partial charge in [-0.1, -0.05) is 41.7 Å². The number of aromatic nitrogens is 3. The fourth-order valence-corrected chi connectivity index (χ4v) is 5.20. The van der Waals surface area contributed by atoms with Crippen molar-refractivity contribution in [2.75, 3.05) is 11.4 Å². The molecule has 0 spiro atoms. The van der Waals surface area contributed by atoms with E-state index in [0.29, 0.717) is 29.3 Å². The van der Waals surface area contributed by atoms with Gasteiger partial charge in [0.2, 0.25) is 0 Å². The van der Waals surface area contributed by atoms with E-state index in [4.69, 9.17) is 0 Å². The fraction of sp³-hybridized carbons (Fsp3) is 0.250. The molecular formula is C24H20F2N4O2S. The summed E-state index contributed by atoms with van der Waals surface area (Å²) in [5.74, 6) is -1.30. The van der Waals surface area contributed by atoms with Crippen molar-refractivity contribution in [3.63, 3.8) is 0 Å². The van der Waals surface area contributed by atoms with E-state index in [1.807, 2.05) is 35.2 Å². The molecule has 3 heterocycles. The summed E-state index contributed by atoms with van der Waals surface area (Å²) in [5.41, 5.74) is 0.912. The number of nitrogens with one attached hydrogen (secondary N) is 1. The van der Waals surface area contributed by atoms with Crippen molar-refractivity contribution in [2.45, 2.75) is 31.7 Å². The highest BCUT2D eigenvalue weighted by Crippen LogP contribution is 2.33. The molecular weight excluding hydrogens is 446 g/mol. The van der Waals surface area contributed by atoms with E-state index in [-0.39, 0.29) is 28.7 Å². The van der Waals surface area contributed by atoms with E-state index in [0.717, 1.165) is 36.6 Å². The van der Waals surface area contributed by atoms with Gasteiger partial charge >= 0.3 is 0 Å². The highest BCUT2D eigenvalue weighted by molar-refractivity contribution is 7.21. The normalized spacial score (nSPS) is 15.9. The standard InChI is InChI=1S/C24H20F2N4O2S/c25-16-11-15(12-17(26)13-16)21-28-22(32)20-23(29-21)33-24(27-20)30-10-4-7-18(30)19(31)9-8-14-5-2-1-3-6-14/h1-3,5-6,11-13,18H,4,7-10H2,(H,28,29,32)/t18-/m1/s1. The Hall–Kier alpha value is -3.46. The summed E-state index contributed by atoms with van der Waals surface area (Å²) < 4.78 is 27.2. The third kappa shape index (κ3) is 4.41. The number of carbonyl (C=O) groups is 1. The van der Waals surface area contributed by atoms with Gasteiger partial charge < -0.3 is 9.88 Å². The monoisotopic (exact) mass is 466 g/mol. The van der Waals surface area contributed by atoms with Gasteiger partial charge in [0, 0.05) is 24.6 Å². The molecule has 0 unspecified atom stereocenters. The number of hydrogen-bond donors (Lipinski definition) is 1. The summed E-state index contributed by atoms with van der Waals surface area (Å²) in [4.78, 5) is 39.3. The second kappa shape index (κ2) is 8.82. The summed E-state index contributed by atoms with van der Waals surface area (Å²) in [6.07, 6.45) is 2.71. The first-order valence-corrected chi connectivity index (χ1v) is 11.5. The molecule has 1 aliphatic heterocycles. The number of H-pyrrole nitrogens is 1. The molecule has 9 heteroatoms. The minimum Gasteiger partial charge on any atom is -0.338 e. The molecule has 2 aromatic heterocycles. The molecule has 1 N–H and O–H groups in total. The summed E-state index contributed by atoms with van der Waals surface area (Å²) in [6, 6.07) is 12.6. The average Bonchev–Trinajstić information content (AvgIpc) is 3.45. The van der Waals surface area contributed by atoms with Gasteiger partial charge in [-0.25, -0.2) is 18.7 Å². The van der Waals surface area contributed by atoms with E-state index < -0.39 is 17.2 Å². The Bertz CT molecular complexity index is 1370. The maximum atomic E-state index is 13.6. The zero-order chi connectivity index (χ0) is 22.9. The number of benzene rings is 2. The van der Waals surface area contributed by atoms with Crippen molar-refractivity contribution < 1.29 is 13.6 Å². The average molecular weight is 467 g/mol. The van der Waals surface area contributed by atoms with Crippen LogP contribution < -0.4 is 10.5 Å². The maximum Gasteiger partial charge on any atom is 0.278 e. The smallest absolute Gasteiger partial charge is 0.278 e. The largest absolute Gasteiger partial charge is 0.338 e. The molecule has 1 fully saturated rings. The number of nitrogens with zero attached hydrogens (tertiary/aromatic N) is 3. The molecule has 33 heavy (non-hydrogen) atoms. The van der Waals surface area contributed by atoms with E-state index in [1.165, 1.54) is 11.3 Å². The van der Waals surface area contributed by atoms with Crippen LogP contribution in [0.25, 0.3) is 21.7 Å². The van der Waals surface area contributed by atoms with Crippen LogP contribution in [-0.2, 0) is 11.2 Å². The van der Waals surface area contributed by atoms with Crippen LogP contribution in [0.5, 0.6) is 0 Å². The van der Waals surface area contributed by atoms with Crippen LogP contribution >= 0.6 is 11.3 Å². The van der Waals surface area contributed by atoms with Crippen LogP contribution in [0, 0.1) is 11.6 Å². The highest BCUT2D eigenvalue weighted by atomic mass is 32.1. The zero-order valence-electron chi connectivity index (χ0n) is 17.6. The van der Waals surface area contributed by atoms with Gasteiger partial charge in [-0.05, 0) is 37.0 Å². The maximum absolute atomic E-state index is 13.6. The molecule has 4 aromatic rings. The van der Waals surface area contributed by atoms with Gasteiger partial charge in [0.05, 0.1) is 6.04 Å². The lowest BCUT2D eigenvalue weighted by Crippen LogP contribution is -2.36. The molecule has 2 aromatic carbocycles. The molecule has 1 atom stereocenters. The van der Waals surface area contributed by atoms with E-state index in [2.05, 4.69) is 15.0 Å². The number of rotatable bonds is 6. The van der Waals surface area contributed by atoms with Gasteiger partial charge in [-0.3, -0.25) is 9.59 Å². The number of aryl methyl sites for hydroxylation is 1. The minimum atomic E-state index is -0.758. The molecule has 1 saturated heterocycles. The van der Waals surface area contributed by atoms with Crippen LogP contribution in [-0.4, -0.2) is 33.3 Å². The molecule has 0 amide bonds. The first-order valence-electron chi connectivity index (χ1n) is 10.7. The Morgan fingerprint density at radius 2 is 1.88 bits per heavy atom. The van der Waals surface area contributed by atoms with Crippen LogP contribution in [0.3, 0.4) is 0 Å². The number of ketones is 1. The Morgan fingerprint density at radius 1 is 1.12 bits per heavy atom. The molecule has 0 bridgehead atoms. The molecule has 0 radical (unpaired) electrons. The summed E-state index contributed by atoms with van der Waals surface area (Å²) in [5, 5.41) is 0.557. The van der Waals surface area contributed by atoms with E-state index >= 15 is 0 Å². The number of Topliss-reactive ketones (excluding diaryl/α,β-unsaturated/α-hetero) is 1. The van der Waals surface area contributed by atoms with Crippen molar-refractivity contribution in [3.8, 4) is 11.4 Å². The zero-order valence-corrected chi connectivity index (χ0v) is 18.4. The Balaban J connectivity index is 1.41. The first-order chi connectivity index (χ1) is 16.0. The lowest BCUT2D eigenvalue weighted by molar-refractivity contribution is -0.120. The van der Waals surface area contributed by atoms with Gasteiger partial charge in [0.15, 0.2) is 21.3 Å². The van der Waals surface area contributed by atoms with Crippen molar-refractivity contribution in [3.05, 3.63) is 76.1 Å². The van der Waals surface area contributed by atoms with Crippen molar-refractivity contribution in [1.82, 2.24) is 15.0 Å². The molecule has 5 rings (SSSR count). The highest BCUT2D eigenvalue weighted by Gasteiger charge is 2.32. The Morgan fingerprint density at radius 3 is 2.64 bits per heavy atom. The van der Waals surface area contributed by atoms with Crippen molar-refractivity contribution in [1.29, 1.82) is 0 Å². The second-order valence-corrected chi connectivity index (χ2v) is 8.98. The van der Waals surface area contributed by atoms with Crippen LogP contribution in [0.15, 0.2) is 53.3 Å². The number of halogens is 2. The molecule has 0 aliphatic carbocycles. The van der Waals surface area contributed by atoms with Gasteiger partial charge in [-0.2, -0.15) is 0 Å². The summed E-state index contributed by atoms with van der Waals surface area (Å²) in [6.45, 7) is 0.668. The number of fused-ring (bicyclic) bond motifs is 1. The van der Waals surface area contributed by atoms with Gasteiger partial charge in [0.25, 0.3) is 5.56 Å². The van der Waals surface area contributed by atoms with Crippen molar-refractivity contribution >= 4 is 32.6 Å².